The number of benzene rings is 1. The van der Waals surface area contributed by atoms with Gasteiger partial charge in [-0.2, -0.15) is 0 Å². The number of pyridine rings is 1. The van der Waals surface area contributed by atoms with Crippen LogP contribution < -0.4 is 14.4 Å². The number of rotatable bonds is 1. The monoisotopic (exact) mass is 378 g/mol. The average Bonchev–Trinajstić information content (AvgIpc) is 3.35. The quantitative estimate of drug-likeness (QED) is 0.701. The average molecular weight is 378 g/mol. The molecule has 28 heavy (non-hydrogen) atoms. The molecule has 2 atom stereocenters. The lowest BCUT2D eigenvalue weighted by molar-refractivity contribution is -0.125. The van der Waals surface area contributed by atoms with Gasteiger partial charge in [-0.3, -0.25) is 9.78 Å². The molecule has 1 aromatic carbocycles. The summed E-state index contributed by atoms with van der Waals surface area (Å²) in [5.74, 6) is 1.11. The van der Waals surface area contributed by atoms with Crippen molar-refractivity contribution < 1.29 is 19.1 Å². The zero-order chi connectivity index (χ0) is 19.0. The molecule has 0 N–H and O–H groups in total. The van der Waals surface area contributed by atoms with Crippen molar-refractivity contribution in [3.05, 3.63) is 47.8 Å². The summed E-state index contributed by atoms with van der Waals surface area (Å²) in [5.41, 5.74) is 1.68. The number of hydrogen-bond acceptors (Lipinski definition) is 6. The Hall–Kier alpha value is -3.13. The maximum absolute atomic E-state index is 13.7. The molecule has 4 aliphatic rings. The Labute approximate surface area is 161 Å². The molecular formula is C20H18N4O4. The van der Waals surface area contributed by atoms with E-state index in [1.54, 1.807) is 29.4 Å². The van der Waals surface area contributed by atoms with Gasteiger partial charge in [0.15, 0.2) is 11.5 Å². The maximum atomic E-state index is 13.7. The summed E-state index contributed by atoms with van der Waals surface area (Å²) >= 11 is 0. The van der Waals surface area contributed by atoms with Gasteiger partial charge in [-0.05, 0) is 42.4 Å². The van der Waals surface area contributed by atoms with Crippen molar-refractivity contribution in [1.29, 1.82) is 0 Å². The van der Waals surface area contributed by atoms with Crippen LogP contribution in [0, 0.1) is 0 Å². The number of carbonyl (C=O) groups excluding carboxylic acids is 2. The van der Waals surface area contributed by atoms with E-state index < -0.39 is 5.54 Å². The van der Waals surface area contributed by atoms with Gasteiger partial charge in [-0.15, -0.1) is 0 Å². The lowest BCUT2D eigenvalue weighted by Gasteiger charge is -2.41. The molecule has 6 rings (SSSR count). The predicted octanol–water partition coefficient (Wildman–Crippen LogP) is 1.56. The van der Waals surface area contributed by atoms with Gasteiger partial charge in [0.25, 0.3) is 5.91 Å². The first-order valence-corrected chi connectivity index (χ1v) is 9.27. The van der Waals surface area contributed by atoms with Crippen LogP contribution >= 0.6 is 0 Å². The number of ether oxygens (including phenoxy) is 2. The Kier molecular flexibility index (Phi) is 2.97. The van der Waals surface area contributed by atoms with Crippen LogP contribution in [0.15, 0.2) is 36.7 Å². The second-order valence-corrected chi connectivity index (χ2v) is 7.80. The molecule has 0 saturated carbocycles. The van der Waals surface area contributed by atoms with E-state index in [2.05, 4.69) is 9.88 Å². The van der Waals surface area contributed by atoms with Gasteiger partial charge in [0, 0.05) is 31.7 Å². The molecular weight excluding hydrogens is 360 g/mol. The van der Waals surface area contributed by atoms with E-state index >= 15 is 0 Å². The molecule has 142 valence electrons. The van der Waals surface area contributed by atoms with Crippen LogP contribution in [0.25, 0.3) is 0 Å². The number of likely N-dealkylation sites (tertiary alicyclic amines) is 1. The van der Waals surface area contributed by atoms with E-state index in [1.807, 2.05) is 19.2 Å². The smallest absolute Gasteiger partial charge is 0.332 e. The van der Waals surface area contributed by atoms with Crippen molar-refractivity contribution in [3.63, 3.8) is 0 Å². The third-order valence-electron chi connectivity index (χ3n) is 6.30. The van der Waals surface area contributed by atoms with E-state index in [1.165, 1.54) is 4.90 Å². The highest BCUT2D eigenvalue weighted by Crippen LogP contribution is 2.52. The molecule has 4 aliphatic heterocycles. The summed E-state index contributed by atoms with van der Waals surface area (Å²) in [5, 5.41) is 0. The summed E-state index contributed by atoms with van der Waals surface area (Å²) < 4.78 is 11.1. The molecule has 2 aromatic rings. The number of carbonyl (C=O) groups is 2. The van der Waals surface area contributed by atoms with Crippen molar-refractivity contribution in [3.8, 4) is 11.5 Å². The SMILES string of the molecule is CN1C[C@@H]2c3cc4c(cc3CN3C(=O)N(c5cccnc5)C(=O)[C@@]23C1)OCO4. The Morgan fingerprint density at radius 3 is 2.82 bits per heavy atom. The number of urea groups is 1. The Morgan fingerprint density at radius 2 is 2.04 bits per heavy atom. The number of likely N-dealkylation sites (N-methyl/N-ethyl adjacent to an activating group) is 1. The first kappa shape index (κ1) is 15.9. The minimum Gasteiger partial charge on any atom is -0.454 e. The van der Waals surface area contributed by atoms with Gasteiger partial charge >= 0.3 is 6.03 Å². The third kappa shape index (κ3) is 1.80. The van der Waals surface area contributed by atoms with Gasteiger partial charge in [0.1, 0.15) is 5.54 Å². The molecule has 2 fully saturated rings. The van der Waals surface area contributed by atoms with E-state index in [0.29, 0.717) is 36.8 Å². The summed E-state index contributed by atoms with van der Waals surface area (Å²) in [4.78, 5) is 36.3. The van der Waals surface area contributed by atoms with Gasteiger partial charge in [0.05, 0.1) is 11.9 Å². The molecule has 0 radical (unpaired) electrons. The summed E-state index contributed by atoms with van der Waals surface area (Å²) in [6.07, 6.45) is 3.19. The van der Waals surface area contributed by atoms with Crippen LogP contribution in [-0.2, 0) is 11.3 Å². The number of imide groups is 1. The van der Waals surface area contributed by atoms with E-state index in [9.17, 15) is 9.59 Å². The molecule has 5 heterocycles. The van der Waals surface area contributed by atoms with Gasteiger partial charge in [-0.25, -0.2) is 9.69 Å². The van der Waals surface area contributed by atoms with E-state index in [0.717, 1.165) is 11.1 Å². The zero-order valence-electron chi connectivity index (χ0n) is 15.3. The van der Waals surface area contributed by atoms with Crippen molar-refractivity contribution in [1.82, 2.24) is 14.8 Å². The predicted molar refractivity (Wildman–Crippen MR) is 98.2 cm³/mol. The third-order valence-corrected chi connectivity index (χ3v) is 6.30. The summed E-state index contributed by atoms with van der Waals surface area (Å²) in [7, 11) is 1.99. The van der Waals surface area contributed by atoms with Crippen molar-refractivity contribution in [2.75, 3.05) is 31.8 Å². The molecule has 1 aromatic heterocycles. The first-order valence-electron chi connectivity index (χ1n) is 9.27. The summed E-state index contributed by atoms with van der Waals surface area (Å²) in [6.45, 7) is 1.78. The van der Waals surface area contributed by atoms with E-state index in [-0.39, 0.29) is 24.6 Å². The van der Waals surface area contributed by atoms with Crippen LogP contribution in [-0.4, -0.2) is 59.2 Å². The molecule has 1 spiro atoms. The molecule has 8 heteroatoms. The van der Waals surface area contributed by atoms with Crippen molar-refractivity contribution in [2.45, 2.75) is 18.0 Å². The van der Waals surface area contributed by atoms with Gasteiger partial charge in [0.2, 0.25) is 6.79 Å². The zero-order valence-corrected chi connectivity index (χ0v) is 15.3. The molecule has 0 bridgehead atoms. The normalized spacial score (nSPS) is 27.8. The number of aromatic nitrogens is 1. The molecule has 0 unspecified atom stereocenters. The standard InChI is InChI=1S/C20H18N4O4/c1-22-9-15-14-6-17-16(27-11-28-17)5-12(14)8-23-19(26)24(13-3-2-4-21-7-13)18(25)20(15,23)10-22/h2-7,15H,8-11H2,1H3/t15-,20-/m1/s1. The topological polar surface area (TPSA) is 75.2 Å². The number of anilines is 1. The Bertz CT molecular complexity index is 1030. The van der Waals surface area contributed by atoms with Crippen LogP contribution in [0.4, 0.5) is 10.5 Å². The molecule has 3 amide bonds. The van der Waals surface area contributed by atoms with Crippen LogP contribution in [0.2, 0.25) is 0 Å². The minimum atomic E-state index is -0.900. The van der Waals surface area contributed by atoms with Crippen LogP contribution in [0.3, 0.4) is 0 Å². The van der Waals surface area contributed by atoms with Gasteiger partial charge < -0.3 is 19.3 Å². The number of nitrogens with zero attached hydrogens (tertiary/aromatic N) is 4. The highest BCUT2D eigenvalue weighted by molar-refractivity contribution is 6.24. The fourth-order valence-electron chi connectivity index (χ4n) is 5.14. The fraction of sp³-hybridized carbons (Fsp3) is 0.350. The maximum Gasteiger partial charge on any atom is 0.332 e. The van der Waals surface area contributed by atoms with Crippen LogP contribution in [0.5, 0.6) is 11.5 Å². The van der Waals surface area contributed by atoms with Crippen molar-refractivity contribution >= 4 is 17.6 Å². The van der Waals surface area contributed by atoms with Crippen LogP contribution in [0.1, 0.15) is 17.0 Å². The first-order chi connectivity index (χ1) is 13.6. The minimum absolute atomic E-state index is 0.117. The highest BCUT2D eigenvalue weighted by atomic mass is 16.7. The molecule has 8 nitrogen and oxygen atoms in total. The highest BCUT2D eigenvalue weighted by Gasteiger charge is 2.66. The van der Waals surface area contributed by atoms with Crippen molar-refractivity contribution in [2.24, 2.45) is 0 Å². The molecule has 2 saturated heterocycles. The number of amides is 3. The lowest BCUT2D eigenvalue weighted by atomic mass is 9.75. The van der Waals surface area contributed by atoms with Gasteiger partial charge in [-0.1, -0.05) is 0 Å². The lowest BCUT2D eigenvalue weighted by Crippen LogP contribution is -2.56. The second-order valence-electron chi connectivity index (χ2n) is 7.80. The second kappa shape index (κ2) is 5.23. The Balaban J connectivity index is 1.53. The number of hydrogen-bond donors (Lipinski definition) is 0. The largest absolute Gasteiger partial charge is 0.454 e. The Morgan fingerprint density at radius 1 is 1.21 bits per heavy atom. The summed E-state index contributed by atoms with van der Waals surface area (Å²) in [6, 6.07) is 7.13. The fourth-order valence-corrected chi connectivity index (χ4v) is 5.14. The molecule has 0 aliphatic carbocycles. The van der Waals surface area contributed by atoms with E-state index in [4.69, 9.17) is 9.47 Å². The number of fused-ring (bicyclic) bond motifs is 3.